The highest BCUT2D eigenvalue weighted by Crippen LogP contribution is 2.26. The molecule has 22 heavy (non-hydrogen) atoms. The van der Waals surface area contributed by atoms with Crippen molar-refractivity contribution in [3.05, 3.63) is 0 Å². The molecule has 0 aromatic heterocycles. The molecule has 2 aliphatic rings. The Hall–Kier alpha value is -1.10. The molecule has 3 N–H and O–H groups in total. The van der Waals surface area contributed by atoms with Gasteiger partial charge >= 0.3 is 0 Å². The van der Waals surface area contributed by atoms with Gasteiger partial charge in [-0.05, 0) is 38.0 Å². The van der Waals surface area contributed by atoms with Gasteiger partial charge in [-0.3, -0.25) is 9.59 Å². The summed E-state index contributed by atoms with van der Waals surface area (Å²) in [5.74, 6) is 0.589. The zero-order valence-electron chi connectivity index (χ0n) is 13.9. The SMILES string of the molecule is CCC(=O)N1CCCCC1C(=O)NC(CN)C1CCCCC1. The van der Waals surface area contributed by atoms with Gasteiger partial charge in [-0.2, -0.15) is 0 Å². The van der Waals surface area contributed by atoms with E-state index in [9.17, 15) is 9.59 Å². The summed E-state index contributed by atoms with van der Waals surface area (Å²) in [4.78, 5) is 26.5. The number of hydrogen-bond donors (Lipinski definition) is 2. The molecular weight excluding hydrogens is 278 g/mol. The Balaban J connectivity index is 1.97. The molecule has 0 radical (unpaired) electrons. The first-order valence-corrected chi connectivity index (χ1v) is 8.97. The van der Waals surface area contributed by atoms with E-state index >= 15 is 0 Å². The highest BCUT2D eigenvalue weighted by atomic mass is 16.2. The molecule has 2 amide bonds. The van der Waals surface area contributed by atoms with E-state index in [1.807, 2.05) is 6.92 Å². The van der Waals surface area contributed by atoms with Crippen LogP contribution in [-0.2, 0) is 9.59 Å². The van der Waals surface area contributed by atoms with E-state index < -0.39 is 0 Å². The maximum atomic E-state index is 12.7. The van der Waals surface area contributed by atoms with E-state index in [0.29, 0.717) is 25.4 Å². The smallest absolute Gasteiger partial charge is 0.243 e. The molecule has 2 fully saturated rings. The summed E-state index contributed by atoms with van der Waals surface area (Å²) < 4.78 is 0. The molecule has 0 aromatic rings. The topological polar surface area (TPSA) is 75.4 Å². The van der Waals surface area contributed by atoms with Crippen molar-refractivity contribution in [1.82, 2.24) is 10.2 Å². The summed E-state index contributed by atoms with van der Waals surface area (Å²) in [5.41, 5.74) is 5.91. The van der Waals surface area contributed by atoms with Crippen molar-refractivity contribution in [3.8, 4) is 0 Å². The molecule has 0 bridgehead atoms. The number of hydrogen-bond acceptors (Lipinski definition) is 3. The van der Waals surface area contributed by atoms with Gasteiger partial charge in [-0.25, -0.2) is 0 Å². The zero-order valence-corrected chi connectivity index (χ0v) is 13.9. The van der Waals surface area contributed by atoms with Crippen LogP contribution in [0.2, 0.25) is 0 Å². The second-order valence-corrected chi connectivity index (χ2v) is 6.70. The Bertz CT molecular complexity index is 380. The lowest BCUT2D eigenvalue weighted by atomic mass is 9.83. The highest BCUT2D eigenvalue weighted by molar-refractivity contribution is 5.88. The van der Waals surface area contributed by atoms with Gasteiger partial charge in [0.25, 0.3) is 0 Å². The lowest BCUT2D eigenvalue weighted by molar-refractivity contribution is -0.142. The molecule has 2 unspecified atom stereocenters. The van der Waals surface area contributed by atoms with Crippen molar-refractivity contribution >= 4 is 11.8 Å². The van der Waals surface area contributed by atoms with Crippen LogP contribution in [0.15, 0.2) is 0 Å². The van der Waals surface area contributed by atoms with Gasteiger partial charge in [0.05, 0.1) is 0 Å². The van der Waals surface area contributed by atoms with Gasteiger partial charge in [0.15, 0.2) is 0 Å². The Morgan fingerprint density at radius 3 is 2.45 bits per heavy atom. The largest absolute Gasteiger partial charge is 0.350 e. The number of nitrogens with two attached hydrogens (primary N) is 1. The number of piperidine rings is 1. The summed E-state index contributed by atoms with van der Waals surface area (Å²) >= 11 is 0. The Morgan fingerprint density at radius 2 is 1.82 bits per heavy atom. The van der Waals surface area contributed by atoms with Gasteiger partial charge in [0.1, 0.15) is 6.04 Å². The Labute approximate surface area is 134 Å². The van der Waals surface area contributed by atoms with Crippen molar-refractivity contribution in [2.75, 3.05) is 13.1 Å². The van der Waals surface area contributed by atoms with Crippen LogP contribution in [-0.4, -0.2) is 41.9 Å². The van der Waals surface area contributed by atoms with Crippen molar-refractivity contribution in [3.63, 3.8) is 0 Å². The molecule has 1 aliphatic carbocycles. The third-order valence-electron chi connectivity index (χ3n) is 5.23. The van der Waals surface area contributed by atoms with E-state index in [1.165, 1.54) is 19.3 Å². The Morgan fingerprint density at radius 1 is 1.14 bits per heavy atom. The fourth-order valence-electron chi connectivity index (χ4n) is 3.89. The van der Waals surface area contributed by atoms with E-state index in [0.717, 1.165) is 32.1 Å². The lowest BCUT2D eigenvalue weighted by Gasteiger charge is -2.37. The minimum Gasteiger partial charge on any atom is -0.350 e. The molecule has 5 nitrogen and oxygen atoms in total. The monoisotopic (exact) mass is 309 g/mol. The number of nitrogens with zero attached hydrogens (tertiary/aromatic N) is 1. The van der Waals surface area contributed by atoms with E-state index in [2.05, 4.69) is 5.32 Å². The van der Waals surface area contributed by atoms with Crippen LogP contribution in [0.4, 0.5) is 0 Å². The maximum Gasteiger partial charge on any atom is 0.243 e. The van der Waals surface area contributed by atoms with Gasteiger partial charge in [-0.15, -0.1) is 0 Å². The van der Waals surface area contributed by atoms with Gasteiger partial charge in [-0.1, -0.05) is 26.2 Å². The third kappa shape index (κ3) is 4.22. The van der Waals surface area contributed by atoms with Gasteiger partial charge in [0.2, 0.25) is 11.8 Å². The van der Waals surface area contributed by atoms with Crippen LogP contribution in [0.1, 0.15) is 64.7 Å². The molecular formula is C17H31N3O2. The number of carbonyl (C=O) groups is 2. The normalized spacial score (nSPS) is 24.8. The predicted molar refractivity (Wildman–Crippen MR) is 87.2 cm³/mol. The second kappa shape index (κ2) is 8.51. The summed E-state index contributed by atoms with van der Waals surface area (Å²) in [7, 11) is 0. The van der Waals surface area contributed by atoms with Crippen LogP contribution >= 0.6 is 0 Å². The van der Waals surface area contributed by atoms with Crippen LogP contribution in [0, 0.1) is 5.92 Å². The van der Waals surface area contributed by atoms with Crippen molar-refractivity contribution in [1.29, 1.82) is 0 Å². The molecule has 1 heterocycles. The fourth-order valence-corrected chi connectivity index (χ4v) is 3.89. The van der Waals surface area contributed by atoms with Crippen LogP contribution < -0.4 is 11.1 Å². The van der Waals surface area contributed by atoms with Gasteiger partial charge in [0, 0.05) is 25.6 Å². The first kappa shape index (κ1) is 17.3. The van der Waals surface area contributed by atoms with E-state index in [-0.39, 0.29) is 23.9 Å². The van der Waals surface area contributed by atoms with Crippen molar-refractivity contribution < 1.29 is 9.59 Å². The predicted octanol–water partition coefficient (Wildman–Crippen LogP) is 1.80. The zero-order chi connectivity index (χ0) is 15.9. The molecule has 1 aliphatic heterocycles. The minimum absolute atomic E-state index is 0.00234. The number of likely N-dealkylation sites (tertiary alicyclic amines) is 1. The van der Waals surface area contributed by atoms with Crippen molar-refractivity contribution in [2.45, 2.75) is 76.8 Å². The summed E-state index contributed by atoms with van der Waals surface area (Å²) in [6, 6.07) is -0.229. The number of rotatable bonds is 5. The Kier molecular flexibility index (Phi) is 6.68. The molecule has 1 saturated carbocycles. The molecule has 0 spiro atoms. The average Bonchev–Trinajstić information content (AvgIpc) is 2.59. The fraction of sp³-hybridized carbons (Fsp3) is 0.882. The average molecular weight is 309 g/mol. The van der Waals surface area contributed by atoms with Gasteiger partial charge < -0.3 is 16.0 Å². The third-order valence-corrected chi connectivity index (χ3v) is 5.23. The molecule has 2 atom stereocenters. The molecule has 2 rings (SSSR count). The quantitative estimate of drug-likeness (QED) is 0.813. The molecule has 126 valence electrons. The summed E-state index contributed by atoms with van der Waals surface area (Å²) in [6.45, 7) is 3.06. The number of nitrogens with one attached hydrogen (secondary N) is 1. The van der Waals surface area contributed by atoms with Crippen LogP contribution in [0.3, 0.4) is 0 Å². The summed E-state index contributed by atoms with van der Waals surface area (Å²) in [5, 5.41) is 3.16. The standard InChI is InChI=1S/C17H31N3O2/c1-2-16(21)20-11-7-6-10-15(20)17(22)19-14(12-18)13-8-4-3-5-9-13/h13-15H,2-12,18H2,1H3,(H,19,22). The lowest BCUT2D eigenvalue weighted by Crippen LogP contribution is -2.56. The summed E-state index contributed by atoms with van der Waals surface area (Å²) in [6.07, 6.45) is 9.34. The first-order chi connectivity index (χ1) is 10.7. The highest BCUT2D eigenvalue weighted by Gasteiger charge is 2.33. The van der Waals surface area contributed by atoms with E-state index in [4.69, 9.17) is 5.73 Å². The van der Waals surface area contributed by atoms with Crippen LogP contribution in [0.5, 0.6) is 0 Å². The minimum atomic E-state index is -0.293. The number of carbonyl (C=O) groups excluding carboxylic acids is 2. The number of amides is 2. The van der Waals surface area contributed by atoms with Crippen molar-refractivity contribution in [2.24, 2.45) is 11.7 Å². The second-order valence-electron chi connectivity index (χ2n) is 6.70. The van der Waals surface area contributed by atoms with E-state index in [1.54, 1.807) is 4.90 Å². The first-order valence-electron chi connectivity index (χ1n) is 8.97. The molecule has 1 saturated heterocycles. The molecule has 0 aromatic carbocycles. The van der Waals surface area contributed by atoms with Crippen LogP contribution in [0.25, 0.3) is 0 Å². The molecule has 5 heteroatoms. The maximum absolute atomic E-state index is 12.7.